The minimum atomic E-state index is 0.876. The Morgan fingerprint density at radius 2 is 1.20 bits per heavy atom. The molecule has 44 heavy (non-hydrogen) atoms. The molecule has 0 amide bonds. The average Bonchev–Trinajstić information content (AvgIpc) is 3.07. The molecule has 0 unspecified atom stereocenters. The van der Waals surface area contributed by atoms with Crippen molar-refractivity contribution < 1.29 is 0 Å². The van der Waals surface area contributed by atoms with Crippen LogP contribution in [0.15, 0.2) is 128 Å². The molecule has 8 rings (SSSR count). The van der Waals surface area contributed by atoms with Crippen molar-refractivity contribution in [1.29, 1.82) is 0 Å². The van der Waals surface area contributed by atoms with Gasteiger partial charge in [0, 0.05) is 50.8 Å². The number of hydrogen-bond donors (Lipinski definition) is 0. The van der Waals surface area contributed by atoms with Crippen LogP contribution in [0.4, 0.5) is 0 Å². The van der Waals surface area contributed by atoms with Crippen LogP contribution in [-0.2, 0) is 0 Å². The predicted octanol–water partition coefficient (Wildman–Crippen LogP) is 10.2. The zero-order chi connectivity index (χ0) is 29.6. The van der Waals surface area contributed by atoms with E-state index in [1.165, 1.54) is 11.1 Å². The fraction of sp³-hybridized carbons (Fsp3) is 0.0488. The first-order chi connectivity index (χ1) is 21.6. The highest BCUT2D eigenvalue weighted by Crippen LogP contribution is 2.36. The Kier molecular flexibility index (Phi) is 6.14. The Labute approximate surface area is 256 Å². The maximum Gasteiger partial charge on any atom is 0.0800 e. The first kappa shape index (κ1) is 25.8. The number of nitrogens with zero attached hydrogens (tertiary/aromatic N) is 3. The minimum Gasteiger partial charge on any atom is -0.256 e. The molecule has 0 bridgehead atoms. The van der Waals surface area contributed by atoms with Gasteiger partial charge in [-0.2, -0.15) is 0 Å². The summed E-state index contributed by atoms with van der Waals surface area (Å²) >= 11 is 0. The lowest BCUT2D eigenvalue weighted by Crippen LogP contribution is -1.94. The third-order valence-corrected chi connectivity index (χ3v) is 8.42. The van der Waals surface area contributed by atoms with Crippen molar-refractivity contribution in [3.8, 4) is 44.8 Å². The average molecular weight is 562 g/mol. The smallest absolute Gasteiger partial charge is 0.0800 e. The molecule has 3 heteroatoms. The SMILES string of the molecule is Cc1cc(-c2cc3ccccc3c(-c3ccc(-c4cccc5cccnc45)c(C)c3)n2)c#cc1-c1cccc2cccnc12. The van der Waals surface area contributed by atoms with E-state index in [2.05, 4.69) is 134 Å². The summed E-state index contributed by atoms with van der Waals surface area (Å²) in [5.41, 5.74) is 12.5. The van der Waals surface area contributed by atoms with E-state index >= 15 is 0 Å². The Morgan fingerprint density at radius 1 is 0.523 bits per heavy atom. The Bertz CT molecular complexity index is 2360. The van der Waals surface area contributed by atoms with Crippen LogP contribution < -0.4 is 0 Å². The van der Waals surface area contributed by atoms with E-state index < -0.39 is 0 Å². The second kappa shape index (κ2) is 10.5. The van der Waals surface area contributed by atoms with Crippen molar-refractivity contribution in [3.05, 3.63) is 151 Å². The number of aromatic nitrogens is 3. The molecule has 0 aliphatic heterocycles. The summed E-state index contributed by atoms with van der Waals surface area (Å²) < 4.78 is 0. The first-order valence-corrected chi connectivity index (χ1v) is 14.8. The Balaban J connectivity index is 1.24. The molecule has 0 atom stereocenters. The maximum atomic E-state index is 5.25. The summed E-state index contributed by atoms with van der Waals surface area (Å²) in [7, 11) is 0. The van der Waals surface area contributed by atoms with Gasteiger partial charge in [-0.05, 0) is 66.3 Å². The highest BCUT2D eigenvalue weighted by Gasteiger charge is 2.15. The van der Waals surface area contributed by atoms with E-state index in [-0.39, 0.29) is 0 Å². The zero-order valence-corrected chi connectivity index (χ0v) is 24.5. The van der Waals surface area contributed by atoms with E-state index in [1.54, 1.807) is 0 Å². The molecule has 206 valence electrons. The fourth-order valence-corrected chi connectivity index (χ4v) is 6.27. The molecule has 0 aliphatic rings. The van der Waals surface area contributed by atoms with Gasteiger partial charge in [0.05, 0.1) is 28.0 Å². The molecule has 0 fully saturated rings. The van der Waals surface area contributed by atoms with E-state index in [0.717, 1.165) is 77.3 Å². The number of fused-ring (bicyclic) bond motifs is 3. The van der Waals surface area contributed by atoms with Gasteiger partial charge in [-0.3, -0.25) is 9.97 Å². The summed E-state index contributed by atoms with van der Waals surface area (Å²) in [5, 5.41) is 4.51. The van der Waals surface area contributed by atoms with Gasteiger partial charge in [-0.15, -0.1) is 0 Å². The lowest BCUT2D eigenvalue weighted by molar-refractivity contribution is 1.33. The van der Waals surface area contributed by atoms with Gasteiger partial charge in [0.1, 0.15) is 0 Å². The van der Waals surface area contributed by atoms with Crippen molar-refractivity contribution in [1.82, 2.24) is 15.0 Å². The molecule has 0 spiro atoms. The molecular weight excluding hydrogens is 534 g/mol. The summed E-state index contributed by atoms with van der Waals surface area (Å²) in [5.74, 6) is 0. The minimum absolute atomic E-state index is 0.876. The molecule has 8 aromatic rings. The van der Waals surface area contributed by atoms with Crippen LogP contribution in [-0.4, -0.2) is 15.0 Å². The third-order valence-electron chi connectivity index (χ3n) is 8.42. The number of aryl methyl sites for hydroxylation is 2. The number of benzene rings is 4. The topological polar surface area (TPSA) is 38.7 Å². The number of rotatable bonds is 4. The molecule has 3 heterocycles. The highest BCUT2D eigenvalue weighted by atomic mass is 14.7. The van der Waals surface area contributed by atoms with Crippen LogP contribution in [0.5, 0.6) is 0 Å². The molecule has 3 nitrogen and oxygen atoms in total. The summed E-state index contributed by atoms with van der Waals surface area (Å²) in [6.07, 6.45) is 3.70. The van der Waals surface area contributed by atoms with Crippen molar-refractivity contribution in [3.63, 3.8) is 0 Å². The predicted molar refractivity (Wildman–Crippen MR) is 181 cm³/mol. The van der Waals surface area contributed by atoms with Gasteiger partial charge < -0.3 is 0 Å². The normalized spacial score (nSPS) is 11.2. The number of hydrogen-bond acceptors (Lipinski definition) is 3. The molecule has 0 aliphatic carbocycles. The van der Waals surface area contributed by atoms with Gasteiger partial charge in [0.2, 0.25) is 0 Å². The lowest BCUT2D eigenvalue weighted by Gasteiger charge is -2.14. The van der Waals surface area contributed by atoms with E-state index in [0.29, 0.717) is 0 Å². The summed E-state index contributed by atoms with van der Waals surface area (Å²) in [4.78, 5) is 14.6. The van der Waals surface area contributed by atoms with Gasteiger partial charge in [0.25, 0.3) is 0 Å². The molecule has 0 N–H and O–H groups in total. The molecule has 3 aromatic heterocycles. The molecule has 0 saturated carbocycles. The first-order valence-electron chi connectivity index (χ1n) is 14.8. The molecule has 0 saturated heterocycles. The monoisotopic (exact) mass is 561 g/mol. The van der Waals surface area contributed by atoms with Crippen molar-refractivity contribution in [2.24, 2.45) is 0 Å². The van der Waals surface area contributed by atoms with Crippen molar-refractivity contribution in [2.75, 3.05) is 0 Å². The maximum absolute atomic E-state index is 5.25. The van der Waals surface area contributed by atoms with Crippen LogP contribution in [0.2, 0.25) is 0 Å². The Morgan fingerprint density at radius 3 is 1.95 bits per heavy atom. The van der Waals surface area contributed by atoms with Gasteiger partial charge in [-0.1, -0.05) is 97.1 Å². The van der Waals surface area contributed by atoms with Crippen LogP contribution >= 0.6 is 0 Å². The summed E-state index contributed by atoms with van der Waals surface area (Å²) in [6.45, 7) is 4.29. The van der Waals surface area contributed by atoms with E-state index in [9.17, 15) is 0 Å². The van der Waals surface area contributed by atoms with Crippen LogP contribution in [0.25, 0.3) is 77.3 Å². The van der Waals surface area contributed by atoms with Crippen LogP contribution in [0.3, 0.4) is 0 Å². The third kappa shape index (κ3) is 4.37. The van der Waals surface area contributed by atoms with Crippen LogP contribution in [0, 0.1) is 26.0 Å². The van der Waals surface area contributed by atoms with Gasteiger partial charge in [0.15, 0.2) is 0 Å². The Hall–Kier alpha value is -5.85. The zero-order valence-electron chi connectivity index (χ0n) is 24.5. The summed E-state index contributed by atoms with van der Waals surface area (Å²) in [6, 6.07) is 47.1. The molecule has 0 radical (unpaired) electrons. The number of pyridine rings is 3. The van der Waals surface area contributed by atoms with Crippen LogP contribution in [0.1, 0.15) is 11.1 Å². The molecule has 5 aromatic carbocycles. The largest absolute Gasteiger partial charge is 0.256 e. The van der Waals surface area contributed by atoms with Crippen molar-refractivity contribution in [2.45, 2.75) is 13.8 Å². The van der Waals surface area contributed by atoms with Gasteiger partial charge >= 0.3 is 0 Å². The van der Waals surface area contributed by atoms with Crippen molar-refractivity contribution >= 4 is 32.6 Å². The quantitative estimate of drug-likeness (QED) is 0.215. The lowest BCUT2D eigenvalue weighted by atomic mass is 9.94. The fourth-order valence-electron chi connectivity index (χ4n) is 6.27. The second-order valence-electron chi connectivity index (χ2n) is 11.2. The highest BCUT2D eigenvalue weighted by molar-refractivity contribution is 5.99. The van der Waals surface area contributed by atoms with E-state index in [4.69, 9.17) is 9.97 Å². The van der Waals surface area contributed by atoms with E-state index in [1.807, 2.05) is 24.5 Å². The molecular formula is C41H27N3. The standard InChI is InChI=1S/C41H27N3/c1-26-23-31(17-19-33(26)36-15-5-10-28-12-7-21-42-39(28)36)38-25-30-9-3-4-14-35(30)41(44-38)32-18-20-34(27(2)24-32)37-16-6-11-29-13-8-22-43-40(29)37/h3-16,18,20-25H,1-2H3. The van der Waals surface area contributed by atoms with Gasteiger partial charge in [-0.25, -0.2) is 4.98 Å². The second-order valence-corrected chi connectivity index (χ2v) is 11.2. The number of para-hydroxylation sites is 2.